The second kappa shape index (κ2) is 8.52. The molecule has 30 heavy (non-hydrogen) atoms. The van der Waals surface area contributed by atoms with Crippen molar-refractivity contribution in [3.8, 4) is 0 Å². The zero-order valence-electron chi connectivity index (χ0n) is 17.0. The summed E-state index contributed by atoms with van der Waals surface area (Å²) in [5, 5.41) is 8.39. The molecule has 12 heteroatoms. The first-order valence-electron chi connectivity index (χ1n) is 10.0. The monoisotopic (exact) mass is 439 g/mol. The normalized spacial score (nSPS) is 22.8. The first-order valence-corrected chi connectivity index (χ1v) is 11.9. The van der Waals surface area contributed by atoms with Gasteiger partial charge in [0.2, 0.25) is 16.0 Å². The Kier molecular flexibility index (Phi) is 5.98. The van der Waals surface area contributed by atoms with Crippen molar-refractivity contribution in [2.75, 3.05) is 30.9 Å². The molecule has 0 radical (unpaired) electrons. The highest BCUT2D eigenvalue weighted by atomic mass is 32.2. The zero-order chi connectivity index (χ0) is 21.3. The van der Waals surface area contributed by atoms with E-state index in [2.05, 4.69) is 25.0 Å². The van der Waals surface area contributed by atoms with Gasteiger partial charge >= 0.3 is 0 Å². The molecule has 2 unspecified atom stereocenters. The molecular formula is C18H26FN7O3S. The molecular weight excluding hydrogens is 413 g/mol. The number of fused-ring (bicyclic) bond motifs is 1. The van der Waals surface area contributed by atoms with Crippen molar-refractivity contribution in [2.24, 2.45) is 0 Å². The first-order chi connectivity index (χ1) is 14.3. The van der Waals surface area contributed by atoms with Gasteiger partial charge in [0.05, 0.1) is 48.8 Å². The third-order valence-electron chi connectivity index (χ3n) is 5.66. The van der Waals surface area contributed by atoms with Gasteiger partial charge in [-0.05, 0) is 32.6 Å². The number of aryl methyl sites for hydroxylation is 1. The van der Waals surface area contributed by atoms with Gasteiger partial charge < -0.3 is 9.64 Å². The maximum atomic E-state index is 13.0. The van der Waals surface area contributed by atoms with Crippen molar-refractivity contribution >= 4 is 16.0 Å². The Morgan fingerprint density at radius 1 is 1.23 bits per heavy atom. The number of piperidine rings is 1. The van der Waals surface area contributed by atoms with Crippen molar-refractivity contribution in [3.63, 3.8) is 0 Å². The highest BCUT2D eigenvalue weighted by Crippen LogP contribution is 2.28. The summed E-state index contributed by atoms with van der Waals surface area (Å²) in [5.41, 5.74) is 1.89. The summed E-state index contributed by atoms with van der Waals surface area (Å²) >= 11 is 0. The van der Waals surface area contributed by atoms with E-state index < -0.39 is 15.8 Å². The van der Waals surface area contributed by atoms with E-state index >= 15 is 0 Å². The summed E-state index contributed by atoms with van der Waals surface area (Å²) in [6.45, 7) is 3.67. The van der Waals surface area contributed by atoms with Crippen LogP contribution in [0.1, 0.15) is 36.7 Å². The molecule has 4 rings (SSSR count). The van der Waals surface area contributed by atoms with Crippen LogP contribution >= 0.6 is 0 Å². The van der Waals surface area contributed by atoms with Gasteiger partial charge in [-0.2, -0.15) is 0 Å². The van der Waals surface area contributed by atoms with Gasteiger partial charge in [0.25, 0.3) is 0 Å². The van der Waals surface area contributed by atoms with Crippen LogP contribution in [-0.2, 0) is 21.2 Å². The van der Waals surface area contributed by atoms with Crippen LogP contribution in [0.25, 0.3) is 0 Å². The molecule has 1 N–H and O–H groups in total. The Bertz CT molecular complexity index is 974. The third kappa shape index (κ3) is 4.76. The Hall–Kier alpha value is -2.18. The van der Waals surface area contributed by atoms with Crippen molar-refractivity contribution in [1.29, 1.82) is 0 Å². The fraction of sp³-hybridized carbons (Fsp3) is 0.667. The van der Waals surface area contributed by atoms with E-state index in [1.807, 2.05) is 16.5 Å². The molecule has 0 saturated carbocycles. The van der Waals surface area contributed by atoms with Crippen LogP contribution in [0.4, 0.5) is 10.3 Å². The molecule has 4 heterocycles. The highest BCUT2D eigenvalue weighted by molar-refractivity contribution is 7.88. The van der Waals surface area contributed by atoms with E-state index in [1.54, 1.807) is 0 Å². The van der Waals surface area contributed by atoms with Crippen molar-refractivity contribution < 1.29 is 17.5 Å². The molecule has 0 bridgehead atoms. The van der Waals surface area contributed by atoms with Crippen LogP contribution in [0.15, 0.2) is 12.4 Å². The van der Waals surface area contributed by atoms with E-state index in [1.165, 1.54) is 18.6 Å². The lowest BCUT2D eigenvalue weighted by molar-refractivity contribution is 0.00569. The molecule has 10 nitrogen and oxygen atoms in total. The highest BCUT2D eigenvalue weighted by Gasteiger charge is 2.34. The van der Waals surface area contributed by atoms with Crippen LogP contribution in [-0.4, -0.2) is 71.5 Å². The van der Waals surface area contributed by atoms with Crippen molar-refractivity contribution in [1.82, 2.24) is 29.7 Å². The van der Waals surface area contributed by atoms with E-state index in [9.17, 15) is 12.8 Å². The predicted octanol–water partition coefficient (Wildman–Crippen LogP) is 0.606. The Balaban J connectivity index is 1.38. The van der Waals surface area contributed by atoms with Gasteiger partial charge in [0.15, 0.2) is 5.82 Å². The second-order valence-corrected chi connectivity index (χ2v) is 9.67. The number of sulfonamides is 1. The second-order valence-electron chi connectivity index (χ2n) is 7.89. The molecule has 1 saturated heterocycles. The van der Waals surface area contributed by atoms with Gasteiger partial charge in [0, 0.05) is 19.1 Å². The lowest BCUT2D eigenvalue weighted by Crippen LogP contribution is -2.47. The molecule has 2 aliphatic heterocycles. The summed E-state index contributed by atoms with van der Waals surface area (Å²) in [4.78, 5) is 10.1. The SMILES string of the molecule is Cc1nnn2c1CCC(NS(C)(=O)=O)C2COC1CCN(c2ncc(F)cn2)CC1. The molecule has 1 fully saturated rings. The van der Waals surface area contributed by atoms with E-state index in [0.717, 1.165) is 30.7 Å². The van der Waals surface area contributed by atoms with Crippen LogP contribution < -0.4 is 9.62 Å². The number of aromatic nitrogens is 5. The lowest BCUT2D eigenvalue weighted by atomic mass is 9.97. The average molecular weight is 440 g/mol. The van der Waals surface area contributed by atoms with Crippen molar-refractivity contribution in [3.05, 3.63) is 29.6 Å². The molecule has 2 aromatic heterocycles. The van der Waals surface area contributed by atoms with Crippen LogP contribution in [0.3, 0.4) is 0 Å². The van der Waals surface area contributed by atoms with Crippen molar-refractivity contribution in [2.45, 2.75) is 50.8 Å². The van der Waals surface area contributed by atoms with Gasteiger partial charge in [-0.25, -0.2) is 32.2 Å². The van der Waals surface area contributed by atoms with E-state index in [4.69, 9.17) is 4.74 Å². The quantitative estimate of drug-likeness (QED) is 0.696. The molecule has 164 valence electrons. The predicted molar refractivity (Wildman–Crippen MR) is 107 cm³/mol. The van der Waals surface area contributed by atoms with Gasteiger partial charge in [-0.3, -0.25) is 0 Å². The number of ether oxygens (including phenoxy) is 1. The fourth-order valence-electron chi connectivity index (χ4n) is 4.13. The topological polar surface area (TPSA) is 115 Å². The molecule has 2 aliphatic rings. The van der Waals surface area contributed by atoms with Crippen LogP contribution in [0.5, 0.6) is 0 Å². The average Bonchev–Trinajstić information content (AvgIpc) is 3.08. The number of halogens is 1. The summed E-state index contributed by atoms with van der Waals surface area (Å²) in [6.07, 6.45) is 6.49. The Morgan fingerprint density at radius 2 is 1.93 bits per heavy atom. The maximum absolute atomic E-state index is 13.0. The fourth-order valence-corrected chi connectivity index (χ4v) is 4.96. The van der Waals surface area contributed by atoms with Gasteiger partial charge in [-0.15, -0.1) is 5.10 Å². The smallest absolute Gasteiger partial charge is 0.225 e. The zero-order valence-corrected chi connectivity index (χ0v) is 17.8. The molecule has 0 amide bonds. The number of anilines is 1. The molecule has 0 spiro atoms. The number of rotatable bonds is 6. The summed E-state index contributed by atoms with van der Waals surface area (Å²) < 4.78 is 47.4. The minimum atomic E-state index is -3.35. The number of hydrogen-bond acceptors (Lipinski definition) is 8. The molecule has 0 aliphatic carbocycles. The first kappa shape index (κ1) is 21.1. The molecule has 2 aromatic rings. The van der Waals surface area contributed by atoms with Crippen LogP contribution in [0.2, 0.25) is 0 Å². The summed E-state index contributed by atoms with van der Waals surface area (Å²) in [7, 11) is -3.35. The molecule has 2 atom stereocenters. The minimum absolute atomic E-state index is 0.0376. The standard InChI is InChI=1S/C18H26FN7O3S/c1-12-16-4-3-15(23-30(2,27)28)17(26(16)24-22-12)11-29-14-5-7-25(8-6-14)18-20-9-13(19)10-21-18/h9-10,14-15,17,23H,3-8,11H2,1-2H3. The number of nitrogens with zero attached hydrogens (tertiary/aromatic N) is 6. The van der Waals surface area contributed by atoms with E-state index in [-0.39, 0.29) is 18.2 Å². The lowest BCUT2D eigenvalue weighted by Gasteiger charge is -2.35. The van der Waals surface area contributed by atoms with E-state index in [0.29, 0.717) is 32.1 Å². The Labute approximate surface area is 174 Å². The van der Waals surface area contributed by atoms with Gasteiger partial charge in [0.1, 0.15) is 0 Å². The maximum Gasteiger partial charge on any atom is 0.225 e. The van der Waals surface area contributed by atoms with Gasteiger partial charge in [-0.1, -0.05) is 5.21 Å². The summed E-state index contributed by atoms with van der Waals surface area (Å²) in [6, 6.07) is -0.538. The summed E-state index contributed by atoms with van der Waals surface area (Å²) in [5.74, 6) is 0.0618. The van der Waals surface area contributed by atoms with Crippen LogP contribution in [0, 0.1) is 12.7 Å². The largest absolute Gasteiger partial charge is 0.376 e. The number of hydrogen-bond donors (Lipinski definition) is 1. The molecule has 0 aromatic carbocycles. The number of nitrogens with one attached hydrogen (secondary N) is 1. The third-order valence-corrected chi connectivity index (χ3v) is 6.39. The minimum Gasteiger partial charge on any atom is -0.376 e. The Morgan fingerprint density at radius 3 is 2.60 bits per heavy atom.